The third kappa shape index (κ3) is 5.09. The maximum Gasteiger partial charge on any atom is 0.277 e. The molecule has 0 unspecified atom stereocenters. The summed E-state index contributed by atoms with van der Waals surface area (Å²) in [5, 5.41) is 9.64. The SMILES string of the molecule is Cc1nccc(C(=O)N2CCOc3ncc(C(=N)c4cc(OCc5c(Cl)cncc5Cl)ccc4N)cc32)n1. The molecule has 3 aromatic heterocycles. The van der Waals surface area contributed by atoms with Crippen molar-refractivity contribution in [3.8, 4) is 11.6 Å². The number of nitrogens with one attached hydrogen (secondary N) is 1. The van der Waals surface area contributed by atoms with Gasteiger partial charge >= 0.3 is 0 Å². The Kier molecular flexibility index (Phi) is 7.08. The van der Waals surface area contributed by atoms with Crippen LogP contribution in [0.4, 0.5) is 11.4 Å². The zero-order valence-corrected chi connectivity index (χ0v) is 21.6. The van der Waals surface area contributed by atoms with Crippen LogP contribution in [-0.4, -0.2) is 44.7 Å². The van der Waals surface area contributed by atoms with Crippen molar-refractivity contribution >= 4 is 46.2 Å². The Morgan fingerprint density at radius 1 is 1.16 bits per heavy atom. The quantitative estimate of drug-likeness (QED) is 0.264. The lowest BCUT2D eigenvalue weighted by molar-refractivity contribution is 0.0970. The fraction of sp³-hybridized carbons (Fsp3) is 0.154. The minimum absolute atomic E-state index is 0.0964. The third-order valence-electron chi connectivity index (χ3n) is 5.84. The van der Waals surface area contributed by atoms with Crippen LogP contribution in [0.1, 0.15) is 33.0 Å². The number of pyridine rings is 2. The second-order valence-electron chi connectivity index (χ2n) is 8.34. The van der Waals surface area contributed by atoms with Crippen molar-refractivity contribution in [1.82, 2.24) is 19.9 Å². The predicted octanol–water partition coefficient (Wildman–Crippen LogP) is 4.50. The van der Waals surface area contributed by atoms with E-state index in [4.69, 9.17) is 43.8 Å². The van der Waals surface area contributed by atoms with Gasteiger partial charge in [-0.1, -0.05) is 23.2 Å². The normalized spacial score (nSPS) is 12.4. The number of fused-ring (bicyclic) bond motifs is 1. The number of hydrogen-bond donors (Lipinski definition) is 2. The molecule has 0 spiro atoms. The first-order valence-electron chi connectivity index (χ1n) is 11.5. The summed E-state index contributed by atoms with van der Waals surface area (Å²) in [6.45, 7) is 2.41. The van der Waals surface area contributed by atoms with E-state index in [2.05, 4.69) is 19.9 Å². The summed E-state index contributed by atoms with van der Waals surface area (Å²) in [5.74, 6) is 0.939. The molecule has 0 atom stereocenters. The van der Waals surface area contributed by atoms with E-state index in [0.29, 0.717) is 62.1 Å². The first kappa shape index (κ1) is 25.4. The van der Waals surface area contributed by atoms with E-state index in [9.17, 15) is 4.79 Å². The topological polar surface area (TPSA) is 140 Å². The summed E-state index contributed by atoms with van der Waals surface area (Å²) in [5.41, 5.74) is 8.85. The summed E-state index contributed by atoms with van der Waals surface area (Å²) >= 11 is 12.4. The highest BCUT2D eigenvalue weighted by Gasteiger charge is 2.28. The predicted molar refractivity (Wildman–Crippen MR) is 144 cm³/mol. The smallest absolute Gasteiger partial charge is 0.277 e. The zero-order valence-electron chi connectivity index (χ0n) is 20.1. The first-order valence-corrected chi connectivity index (χ1v) is 12.2. The lowest BCUT2D eigenvalue weighted by Gasteiger charge is -2.29. The molecular formula is C26H21Cl2N7O3. The monoisotopic (exact) mass is 549 g/mol. The molecule has 5 rings (SSSR count). The van der Waals surface area contributed by atoms with E-state index in [1.807, 2.05) is 0 Å². The Morgan fingerprint density at radius 2 is 1.95 bits per heavy atom. The van der Waals surface area contributed by atoms with Gasteiger partial charge in [-0.15, -0.1) is 0 Å². The van der Waals surface area contributed by atoms with Crippen LogP contribution in [0.5, 0.6) is 11.6 Å². The fourth-order valence-electron chi connectivity index (χ4n) is 3.89. The second kappa shape index (κ2) is 10.6. The summed E-state index contributed by atoms with van der Waals surface area (Å²) in [6.07, 6.45) is 6.02. The van der Waals surface area contributed by atoms with Crippen LogP contribution in [0.15, 0.2) is 55.1 Å². The highest BCUT2D eigenvalue weighted by Crippen LogP contribution is 2.33. The van der Waals surface area contributed by atoms with E-state index in [-0.39, 0.29) is 30.5 Å². The average molecular weight is 550 g/mol. The summed E-state index contributed by atoms with van der Waals surface area (Å²) in [6, 6.07) is 8.24. The van der Waals surface area contributed by atoms with Crippen LogP contribution >= 0.6 is 23.2 Å². The van der Waals surface area contributed by atoms with Crippen LogP contribution < -0.4 is 20.1 Å². The van der Waals surface area contributed by atoms with Gasteiger partial charge in [0.05, 0.1) is 22.3 Å². The number of carbonyl (C=O) groups excluding carboxylic acids is 1. The molecule has 1 amide bonds. The molecule has 38 heavy (non-hydrogen) atoms. The van der Waals surface area contributed by atoms with Gasteiger partial charge in [-0.3, -0.25) is 20.1 Å². The van der Waals surface area contributed by atoms with E-state index in [0.717, 1.165) is 0 Å². The number of aromatic nitrogens is 4. The Morgan fingerprint density at radius 3 is 2.71 bits per heavy atom. The molecule has 10 nitrogen and oxygen atoms in total. The molecular weight excluding hydrogens is 529 g/mol. The minimum atomic E-state index is -0.311. The molecule has 0 bridgehead atoms. The number of halogens is 2. The number of hydrogen-bond acceptors (Lipinski definition) is 9. The highest BCUT2D eigenvalue weighted by molar-refractivity contribution is 6.35. The van der Waals surface area contributed by atoms with Crippen molar-refractivity contribution in [3.05, 3.63) is 93.4 Å². The number of nitrogens with zero attached hydrogens (tertiary/aromatic N) is 5. The lowest BCUT2D eigenvalue weighted by Crippen LogP contribution is -2.39. The average Bonchev–Trinajstić information content (AvgIpc) is 2.92. The van der Waals surface area contributed by atoms with Crippen LogP contribution in [0.2, 0.25) is 10.0 Å². The fourth-order valence-corrected chi connectivity index (χ4v) is 4.36. The van der Waals surface area contributed by atoms with Gasteiger partial charge in [0.15, 0.2) is 0 Å². The van der Waals surface area contributed by atoms with Gasteiger partial charge in [-0.05, 0) is 37.3 Å². The Bertz CT molecular complexity index is 1540. The van der Waals surface area contributed by atoms with Crippen molar-refractivity contribution < 1.29 is 14.3 Å². The van der Waals surface area contributed by atoms with E-state index >= 15 is 0 Å². The molecule has 0 fully saturated rings. The van der Waals surface area contributed by atoms with E-state index in [1.165, 1.54) is 29.7 Å². The number of carbonyl (C=O) groups is 1. The minimum Gasteiger partial charge on any atom is -0.489 e. The molecule has 4 heterocycles. The summed E-state index contributed by atoms with van der Waals surface area (Å²) in [7, 11) is 0. The van der Waals surface area contributed by atoms with Crippen LogP contribution in [0.3, 0.4) is 0 Å². The molecule has 1 aliphatic heterocycles. The number of aryl methyl sites for hydroxylation is 1. The summed E-state index contributed by atoms with van der Waals surface area (Å²) < 4.78 is 11.5. The second-order valence-corrected chi connectivity index (χ2v) is 9.15. The van der Waals surface area contributed by atoms with Gasteiger partial charge in [-0.2, -0.15) is 0 Å². The molecule has 0 saturated carbocycles. The summed E-state index contributed by atoms with van der Waals surface area (Å²) in [4.78, 5) is 31.4. The van der Waals surface area contributed by atoms with Crippen molar-refractivity contribution in [2.75, 3.05) is 23.8 Å². The van der Waals surface area contributed by atoms with Gasteiger partial charge in [-0.25, -0.2) is 15.0 Å². The Balaban J connectivity index is 1.42. The van der Waals surface area contributed by atoms with Gasteiger partial charge in [0.2, 0.25) is 5.88 Å². The number of ether oxygens (including phenoxy) is 2. The number of nitrogens with two attached hydrogens (primary N) is 1. The third-order valence-corrected chi connectivity index (χ3v) is 6.49. The molecule has 0 radical (unpaired) electrons. The maximum atomic E-state index is 13.2. The number of anilines is 2. The van der Waals surface area contributed by atoms with Crippen LogP contribution in [-0.2, 0) is 6.61 Å². The first-order chi connectivity index (χ1) is 18.3. The Hall–Kier alpha value is -4.28. The maximum absolute atomic E-state index is 13.2. The van der Waals surface area contributed by atoms with Gasteiger partial charge in [0.25, 0.3) is 5.91 Å². The largest absolute Gasteiger partial charge is 0.489 e. The van der Waals surface area contributed by atoms with Gasteiger partial charge in [0, 0.05) is 47.2 Å². The number of nitrogen functional groups attached to an aromatic ring is 1. The van der Waals surface area contributed by atoms with Crippen molar-refractivity contribution in [1.29, 1.82) is 5.41 Å². The van der Waals surface area contributed by atoms with Crippen molar-refractivity contribution in [2.45, 2.75) is 13.5 Å². The molecule has 1 aliphatic rings. The molecule has 0 saturated heterocycles. The van der Waals surface area contributed by atoms with Crippen LogP contribution in [0, 0.1) is 12.3 Å². The van der Waals surface area contributed by atoms with Crippen molar-refractivity contribution in [3.63, 3.8) is 0 Å². The van der Waals surface area contributed by atoms with Gasteiger partial charge in [0.1, 0.15) is 36.2 Å². The Labute approximate surface area is 227 Å². The zero-order chi connectivity index (χ0) is 26.8. The molecule has 3 N–H and O–H groups in total. The van der Waals surface area contributed by atoms with Gasteiger partial charge < -0.3 is 15.2 Å². The van der Waals surface area contributed by atoms with E-state index < -0.39 is 0 Å². The van der Waals surface area contributed by atoms with E-state index in [1.54, 1.807) is 37.3 Å². The molecule has 1 aromatic carbocycles. The molecule has 0 aliphatic carbocycles. The van der Waals surface area contributed by atoms with Crippen LogP contribution in [0.25, 0.3) is 0 Å². The lowest BCUT2D eigenvalue weighted by atomic mass is 10.0. The molecule has 192 valence electrons. The number of rotatable bonds is 6. The van der Waals surface area contributed by atoms with Crippen molar-refractivity contribution in [2.24, 2.45) is 0 Å². The number of amides is 1. The number of benzene rings is 1. The standard InChI is InChI=1S/C26H21Cl2N7O3/c1-14-32-5-4-22(34-14)26(36)35-6-7-37-25-23(35)8-15(10-33-25)24(30)17-9-16(2-3-21(17)29)38-13-18-19(27)11-31-12-20(18)28/h2-5,8-12,30H,6-7,13,29H2,1H3. The highest BCUT2D eigenvalue weighted by atomic mass is 35.5. The molecule has 12 heteroatoms. The molecule has 4 aromatic rings.